The lowest BCUT2D eigenvalue weighted by Crippen LogP contribution is -2.12. The Kier molecular flexibility index (Phi) is 7.42. The van der Waals surface area contributed by atoms with E-state index >= 15 is 0 Å². The van der Waals surface area contributed by atoms with E-state index in [1.54, 1.807) is 0 Å². The van der Waals surface area contributed by atoms with Crippen molar-refractivity contribution in [2.45, 2.75) is 26.2 Å². The summed E-state index contributed by atoms with van der Waals surface area (Å²) in [5.41, 5.74) is 11.1. The summed E-state index contributed by atoms with van der Waals surface area (Å²) >= 11 is 0. The molecule has 0 fully saturated rings. The summed E-state index contributed by atoms with van der Waals surface area (Å²) in [6.45, 7) is 6.78. The monoisotopic (exact) mass is 619 g/mol. The molecule has 0 N–H and O–H groups in total. The average Bonchev–Trinajstić information content (AvgIpc) is 3.54. The van der Waals surface area contributed by atoms with Gasteiger partial charge in [0.25, 0.3) is 0 Å². The third-order valence-corrected chi connectivity index (χ3v) is 9.15. The zero-order chi connectivity index (χ0) is 32.7. The van der Waals surface area contributed by atoms with Crippen molar-refractivity contribution in [1.82, 2.24) is 0 Å². The summed E-state index contributed by atoms with van der Waals surface area (Å²) in [6.07, 6.45) is 0. The van der Waals surface area contributed by atoms with Gasteiger partial charge in [-0.15, -0.1) is 0 Å². The lowest BCUT2D eigenvalue weighted by atomic mass is 9.83. The second kappa shape index (κ2) is 12.1. The predicted octanol–water partition coefficient (Wildman–Crippen LogP) is 13.4. The molecule has 0 unspecified atom stereocenters. The molecule has 0 aliphatic carbocycles. The fourth-order valence-corrected chi connectivity index (χ4v) is 6.91. The van der Waals surface area contributed by atoms with Crippen LogP contribution in [0.25, 0.3) is 55.3 Å². The lowest BCUT2D eigenvalue weighted by Gasteiger charge is -2.28. The van der Waals surface area contributed by atoms with Crippen molar-refractivity contribution >= 4 is 38.8 Å². The molecule has 1 heterocycles. The van der Waals surface area contributed by atoms with Crippen LogP contribution < -0.4 is 4.90 Å². The zero-order valence-corrected chi connectivity index (χ0v) is 27.5. The van der Waals surface area contributed by atoms with E-state index in [2.05, 4.69) is 189 Å². The molecule has 2 nitrogen and oxygen atoms in total. The second-order valence-electron chi connectivity index (χ2n) is 13.4. The quantitative estimate of drug-likeness (QED) is 0.184. The third kappa shape index (κ3) is 5.46. The molecule has 48 heavy (non-hydrogen) atoms. The lowest BCUT2D eigenvalue weighted by molar-refractivity contribution is 0.568. The van der Waals surface area contributed by atoms with Gasteiger partial charge in [-0.25, -0.2) is 0 Å². The molecular weight excluding hydrogens is 583 g/mol. The van der Waals surface area contributed by atoms with Crippen LogP contribution >= 0.6 is 0 Å². The predicted molar refractivity (Wildman–Crippen MR) is 203 cm³/mol. The molecule has 8 aromatic rings. The minimum absolute atomic E-state index is 0.101. The molecular formula is C46H37NO. The highest BCUT2D eigenvalue weighted by Gasteiger charge is 2.27. The largest absolute Gasteiger partial charge is 0.456 e. The van der Waals surface area contributed by atoms with Gasteiger partial charge in [0, 0.05) is 33.5 Å². The zero-order valence-electron chi connectivity index (χ0n) is 27.5. The Balaban J connectivity index is 1.29. The normalized spacial score (nSPS) is 11.6. The summed E-state index contributed by atoms with van der Waals surface area (Å²) in [6, 6.07) is 60.6. The number of hydrogen-bond donors (Lipinski definition) is 0. The van der Waals surface area contributed by atoms with Gasteiger partial charge in [0.05, 0.1) is 5.69 Å². The van der Waals surface area contributed by atoms with Crippen LogP contribution in [-0.2, 0) is 5.41 Å². The van der Waals surface area contributed by atoms with Crippen LogP contribution in [-0.4, -0.2) is 0 Å². The number of para-hydroxylation sites is 2. The Labute approximate surface area is 282 Å². The molecule has 0 radical (unpaired) electrons. The molecule has 0 amide bonds. The topological polar surface area (TPSA) is 16.4 Å². The molecule has 0 aliphatic heterocycles. The number of furan rings is 1. The van der Waals surface area contributed by atoms with Gasteiger partial charge in [-0.2, -0.15) is 0 Å². The molecule has 7 aromatic carbocycles. The Hall–Kier alpha value is -5.86. The van der Waals surface area contributed by atoms with Crippen molar-refractivity contribution in [3.63, 3.8) is 0 Å². The van der Waals surface area contributed by atoms with Crippen LogP contribution in [0.4, 0.5) is 17.1 Å². The van der Waals surface area contributed by atoms with Crippen LogP contribution in [0.5, 0.6) is 0 Å². The molecule has 0 aliphatic rings. The summed E-state index contributed by atoms with van der Waals surface area (Å²) in [5, 5.41) is 3.66. The van der Waals surface area contributed by atoms with E-state index in [-0.39, 0.29) is 5.41 Å². The van der Waals surface area contributed by atoms with Crippen molar-refractivity contribution in [3.05, 3.63) is 175 Å². The first-order valence-corrected chi connectivity index (χ1v) is 16.6. The first kappa shape index (κ1) is 29.5. The number of anilines is 3. The Morgan fingerprint density at radius 1 is 0.458 bits per heavy atom. The van der Waals surface area contributed by atoms with Gasteiger partial charge in [0.15, 0.2) is 0 Å². The van der Waals surface area contributed by atoms with Crippen LogP contribution in [0.15, 0.2) is 174 Å². The Morgan fingerprint density at radius 2 is 1.12 bits per heavy atom. The van der Waals surface area contributed by atoms with Crippen molar-refractivity contribution in [2.24, 2.45) is 0 Å². The van der Waals surface area contributed by atoms with E-state index in [0.29, 0.717) is 0 Å². The maximum Gasteiger partial charge on any atom is 0.139 e. The highest BCUT2D eigenvalue weighted by molar-refractivity contribution is 5.93. The van der Waals surface area contributed by atoms with E-state index in [9.17, 15) is 0 Å². The maximum absolute atomic E-state index is 6.63. The van der Waals surface area contributed by atoms with Gasteiger partial charge >= 0.3 is 0 Å². The summed E-state index contributed by atoms with van der Waals surface area (Å²) in [5.74, 6) is 0.925. The first-order chi connectivity index (χ1) is 23.4. The van der Waals surface area contributed by atoms with Gasteiger partial charge in [-0.3, -0.25) is 0 Å². The van der Waals surface area contributed by atoms with Gasteiger partial charge in [0.2, 0.25) is 0 Å². The second-order valence-corrected chi connectivity index (χ2v) is 13.4. The first-order valence-electron chi connectivity index (χ1n) is 16.6. The molecule has 0 saturated carbocycles. The summed E-state index contributed by atoms with van der Waals surface area (Å²) < 4.78 is 6.63. The number of fused-ring (bicyclic) bond motifs is 2. The van der Waals surface area contributed by atoms with E-state index in [1.165, 1.54) is 44.0 Å². The average molecular weight is 620 g/mol. The van der Waals surface area contributed by atoms with Crippen molar-refractivity contribution in [3.8, 4) is 33.6 Å². The molecule has 0 spiro atoms. The molecule has 2 heteroatoms. The highest BCUT2D eigenvalue weighted by Crippen LogP contribution is 2.45. The molecule has 232 valence electrons. The molecule has 0 saturated heterocycles. The van der Waals surface area contributed by atoms with Crippen molar-refractivity contribution in [2.75, 3.05) is 4.90 Å². The number of nitrogens with zero attached hydrogens (tertiary/aromatic N) is 1. The third-order valence-electron chi connectivity index (χ3n) is 9.15. The summed E-state index contributed by atoms with van der Waals surface area (Å²) in [4.78, 5) is 2.37. The van der Waals surface area contributed by atoms with Crippen LogP contribution in [0.3, 0.4) is 0 Å². The van der Waals surface area contributed by atoms with E-state index in [1.807, 2.05) is 6.07 Å². The van der Waals surface area contributed by atoms with Crippen LogP contribution in [0.2, 0.25) is 0 Å². The SMILES string of the molecule is CC(C)(C)c1c(-c2cccc(N(c3ccc(-c4ccc5ccccc5c4)cc3)c3ccccc3-c3ccccc3)c2)oc2ccccc12. The van der Waals surface area contributed by atoms with Crippen LogP contribution in [0, 0.1) is 0 Å². The minimum atomic E-state index is -0.101. The minimum Gasteiger partial charge on any atom is -0.456 e. The fraction of sp³-hybridized carbons (Fsp3) is 0.0870. The maximum atomic E-state index is 6.63. The van der Waals surface area contributed by atoms with E-state index in [0.717, 1.165) is 34.0 Å². The van der Waals surface area contributed by atoms with Gasteiger partial charge in [0.1, 0.15) is 11.3 Å². The summed E-state index contributed by atoms with van der Waals surface area (Å²) in [7, 11) is 0. The van der Waals surface area contributed by atoms with E-state index < -0.39 is 0 Å². The number of hydrogen-bond acceptors (Lipinski definition) is 2. The fourth-order valence-electron chi connectivity index (χ4n) is 6.91. The molecule has 0 bridgehead atoms. The standard InChI is InChI=1S/C46H37NO/c1-46(2,3)44-41-21-10-12-23-43(41)48-45(44)37-18-13-19-39(31-37)47(42-22-11-9-20-40(42)34-15-5-4-6-16-34)38-28-26-33(27-29-38)36-25-24-32-14-7-8-17-35(32)30-36/h4-31H,1-3H3. The van der Waals surface area contributed by atoms with Gasteiger partial charge in [-0.05, 0) is 75.3 Å². The van der Waals surface area contributed by atoms with Crippen molar-refractivity contribution in [1.29, 1.82) is 0 Å². The molecule has 8 rings (SSSR count). The number of benzene rings is 7. The highest BCUT2D eigenvalue weighted by atomic mass is 16.3. The van der Waals surface area contributed by atoms with Gasteiger partial charge < -0.3 is 9.32 Å². The van der Waals surface area contributed by atoms with E-state index in [4.69, 9.17) is 4.42 Å². The molecule has 0 atom stereocenters. The molecule has 1 aromatic heterocycles. The smallest absolute Gasteiger partial charge is 0.139 e. The Morgan fingerprint density at radius 3 is 1.94 bits per heavy atom. The Bertz CT molecular complexity index is 2380. The van der Waals surface area contributed by atoms with Gasteiger partial charge in [-0.1, -0.05) is 148 Å². The van der Waals surface area contributed by atoms with Crippen LogP contribution in [0.1, 0.15) is 26.3 Å². The number of rotatable bonds is 6. The van der Waals surface area contributed by atoms with Crippen molar-refractivity contribution < 1.29 is 4.42 Å².